The van der Waals surface area contributed by atoms with E-state index in [-0.39, 0.29) is 23.5 Å². The van der Waals surface area contributed by atoms with E-state index in [0.29, 0.717) is 0 Å². The standard InChI is InChI=1S/C17H14F2O6S/c1-2-24-15(20)11-3-7-13(8-4-11)25-16(21)12-5-9-14(10-6-12)26(22,23)17(18)19/h3-10,17H,2H2,1H3. The van der Waals surface area contributed by atoms with Gasteiger partial charge in [-0.05, 0) is 55.5 Å². The van der Waals surface area contributed by atoms with Crippen molar-refractivity contribution in [1.82, 2.24) is 0 Å². The van der Waals surface area contributed by atoms with Gasteiger partial charge in [-0.3, -0.25) is 0 Å². The topological polar surface area (TPSA) is 86.7 Å². The van der Waals surface area contributed by atoms with Gasteiger partial charge in [-0.25, -0.2) is 18.0 Å². The molecule has 0 N–H and O–H groups in total. The number of hydrogen-bond donors (Lipinski definition) is 0. The maximum absolute atomic E-state index is 12.5. The Morgan fingerprint density at radius 2 is 1.42 bits per heavy atom. The molecular weight excluding hydrogens is 370 g/mol. The predicted octanol–water partition coefficient (Wildman–Crippen LogP) is 3.08. The average molecular weight is 384 g/mol. The predicted molar refractivity (Wildman–Crippen MR) is 87.0 cm³/mol. The van der Waals surface area contributed by atoms with Crippen molar-refractivity contribution < 1.29 is 36.3 Å². The molecule has 0 aliphatic heterocycles. The van der Waals surface area contributed by atoms with E-state index in [1.54, 1.807) is 6.92 Å². The molecule has 6 nitrogen and oxygen atoms in total. The van der Waals surface area contributed by atoms with Gasteiger partial charge in [0.1, 0.15) is 5.75 Å². The third-order valence-corrected chi connectivity index (χ3v) is 4.63. The quantitative estimate of drug-likeness (QED) is 0.562. The van der Waals surface area contributed by atoms with Crippen LogP contribution in [0.2, 0.25) is 0 Å². The molecule has 2 aromatic carbocycles. The summed E-state index contributed by atoms with van der Waals surface area (Å²) in [6, 6.07) is 9.57. The Hall–Kier alpha value is -2.81. The molecule has 0 saturated carbocycles. The SMILES string of the molecule is CCOC(=O)c1ccc(OC(=O)c2ccc(S(=O)(=O)C(F)F)cc2)cc1. The molecule has 0 fully saturated rings. The number of hydrogen-bond acceptors (Lipinski definition) is 6. The van der Waals surface area contributed by atoms with Crippen LogP contribution in [0.4, 0.5) is 8.78 Å². The van der Waals surface area contributed by atoms with Gasteiger partial charge >= 0.3 is 17.7 Å². The Bertz CT molecular complexity index is 890. The molecule has 0 bridgehead atoms. The molecule has 0 unspecified atom stereocenters. The highest BCUT2D eigenvalue weighted by atomic mass is 32.2. The second-order valence-electron chi connectivity index (χ2n) is 4.96. The summed E-state index contributed by atoms with van der Waals surface area (Å²) in [5.74, 6) is -4.72. The smallest absolute Gasteiger partial charge is 0.343 e. The minimum atomic E-state index is -4.73. The lowest BCUT2D eigenvalue weighted by Gasteiger charge is -2.07. The first kappa shape index (κ1) is 19.5. The summed E-state index contributed by atoms with van der Waals surface area (Å²) >= 11 is 0. The molecular formula is C17H14F2O6S. The average Bonchev–Trinajstić information content (AvgIpc) is 2.62. The van der Waals surface area contributed by atoms with Gasteiger partial charge in [0.15, 0.2) is 0 Å². The second-order valence-corrected chi connectivity index (χ2v) is 6.88. The second kappa shape index (κ2) is 8.05. The molecule has 0 radical (unpaired) electrons. The maximum atomic E-state index is 12.5. The van der Waals surface area contributed by atoms with Crippen molar-refractivity contribution in [2.45, 2.75) is 17.6 Å². The van der Waals surface area contributed by atoms with Gasteiger partial charge in [0.2, 0.25) is 9.84 Å². The fourth-order valence-corrected chi connectivity index (χ4v) is 2.64. The molecule has 138 valence electrons. The van der Waals surface area contributed by atoms with Crippen LogP contribution in [0.25, 0.3) is 0 Å². The van der Waals surface area contributed by atoms with Crippen LogP contribution >= 0.6 is 0 Å². The van der Waals surface area contributed by atoms with E-state index in [1.165, 1.54) is 24.3 Å². The number of esters is 2. The van der Waals surface area contributed by atoms with Gasteiger partial charge in [-0.1, -0.05) is 0 Å². The monoisotopic (exact) mass is 384 g/mol. The molecule has 0 aliphatic carbocycles. The first-order valence-corrected chi connectivity index (χ1v) is 8.92. The molecule has 0 heterocycles. The van der Waals surface area contributed by atoms with Crippen LogP contribution in [-0.2, 0) is 14.6 Å². The summed E-state index contributed by atoms with van der Waals surface area (Å²) in [4.78, 5) is 23.0. The molecule has 2 aromatic rings. The van der Waals surface area contributed by atoms with Crippen molar-refractivity contribution in [1.29, 1.82) is 0 Å². The van der Waals surface area contributed by atoms with Crippen LogP contribution in [0.15, 0.2) is 53.4 Å². The summed E-state index contributed by atoms with van der Waals surface area (Å²) in [6.45, 7) is 1.90. The first-order chi connectivity index (χ1) is 12.3. The van der Waals surface area contributed by atoms with Crippen LogP contribution in [0.1, 0.15) is 27.6 Å². The first-order valence-electron chi connectivity index (χ1n) is 7.37. The van der Waals surface area contributed by atoms with E-state index in [9.17, 15) is 26.8 Å². The molecule has 0 atom stereocenters. The molecule has 0 aliphatic rings. The van der Waals surface area contributed by atoms with Crippen LogP contribution in [-0.4, -0.2) is 32.7 Å². The minimum Gasteiger partial charge on any atom is -0.462 e. The Balaban J connectivity index is 2.09. The Labute approximate surface area is 148 Å². The molecule has 0 aromatic heterocycles. The van der Waals surface area contributed by atoms with E-state index in [1.807, 2.05) is 0 Å². The lowest BCUT2D eigenvalue weighted by molar-refractivity contribution is 0.0526. The van der Waals surface area contributed by atoms with Gasteiger partial charge in [0.25, 0.3) is 0 Å². The van der Waals surface area contributed by atoms with E-state index >= 15 is 0 Å². The Morgan fingerprint density at radius 1 is 0.923 bits per heavy atom. The number of benzene rings is 2. The Morgan fingerprint density at radius 3 is 1.92 bits per heavy atom. The number of alkyl halides is 2. The van der Waals surface area contributed by atoms with Crippen molar-refractivity contribution >= 4 is 21.8 Å². The third-order valence-electron chi connectivity index (χ3n) is 3.23. The zero-order valence-corrected chi connectivity index (χ0v) is 14.3. The third kappa shape index (κ3) is 4.42. The van der Waals surface area contributed by atoms with Gasteiger partial charge in [0, 0.05) is 0 Å². The summed E-state index contributed by atoms with van der Waals surface area (Å²) in [5, 5.41) is 0. The normalized spacial score (nSPS) is 11.2. The van der Waals surface area contributed by atoms with Crippen molar-refractivity contribution in [3.05, 3.63) is 59.7 Å². The minimum absolute atomic E-state index is 0.0207. The number of carbonyl (C=O) groups is 2. The summed E-state index contributed by atoms with van der Waals surface area (Å²) < 4.78 is 57.5. The van der Waals surface area contributed by atoms with E-state index in [4.69, 9.17) is 9.47 Å². The van der Waals surface area contributed by atoms with Gasteiger partial charge in [-0.15, -0.1) is 0 Å². The summed E-state index contributed by atoms with van der Waals surface area (Å²) in [6.07, 6.45) is 0. The van der Waals surface area contributed by atoms with Crippen molar-refractivity contribution in [3.8, 4) is 5.75 Å². The molecule has 9 heteroatoms. The van der Waals surface area contributed by atoms with Gasteiger partial charge in [0.05, 0.1) is 22.6 Å². The number of carbonyl (C=O) groups excluding carboxylic acids is 2. The lowest BCUT2D eigenvalue weighted by Crippen LogP contribution is -2.13. The van der Waals surface area contributed by atoms with Crippen LogP contribution in [0.5, 0.6) is 5.75 Å². The molecule has 26 heavy (non-hydrogen) atoms. The lowest BCUT2D eigenvalue weighted by atomic mass is 10.2. The maximum Gasteiger partial charge on any atom is 0.343 e. The van der Waals surface area contributed by atoms with Crippen molar-refractivity contribution in [2.75, 3.05) is 6.61 Å². The summed E-state index contributed by atoms with van der Waals surface area (Å²) in [7, 11) is -4.73. The number of sulfone groups is 1. The fourth-order valence-electron chi connectivity index (χ4n) is 1.92. The molecule has 0 saturated heterocycles. The van der Waals surface area contributed by atoms with E-state index in [2.05, 4.69) is 0 Å². The molecule has 0 spiro atoms. The highest BCUT2D eigenvalue weighted by Gasteiger charge is 2.26. The van der Waals surface area contributed by atoms with Crippen LogP contribution < -0.4 is 4.74 Å². The highest BCUT2D eigenvalue weighted by Crippen LogP contribution is 2.20. The van der Waals surface area contributed by atoms with Crippen LogP contribution in [0, 0.1) is 0 Å². The van der Waals surface area contributed by atoms with Crippen LogP contribution in [0.3, 0.4) is 0 Å². The number of ether oxygens (including phenoxy) is 2. The molecule has 2 rings (SSSR count). The van der Waals surface area contributed by atoms with E-state index in [0.717, 1.165) is 24.3 Å². The fraction of sp³-hybridized carbons (Fsp3) is 0.176. The molecule has 0 amide bonds. The van der Waals surface area contributed by atoms with Crippen molar-refractivity contribution in [2.24, 2.45) is 0 Å². The number of rotatable bonds is 6. The zero-order chi connectivity index (χ0) is 19.3. The summed E-state index contributed by atoms with van der Waals surface area (Å²) in [5.41, 5.74) is 0.265. The van der Waals surface area contributed by atoms with Crippen molar-refractivity contribution in [3.63, 3.8) is 0 Å². The van der Waals surface area contributed by atoms with Gasteiger partial charge in [-0.2, -0.15) is 8.78 Å². The Kier molecular flexibility index (Phi) is 6.04. The zero-order valence-electron chi connectivity index (χ0n) is 13.5. The number of halogens is 2. The highest BCUT2D eigenvalue weighted by molar-refractivity contribution is 7.91. The van der Waals surface area contributed by atoms with E-state index < -0.39 is 32.4 Å². The van der Waals surface area contributed by atoms with Gasteiger partial charge < -0.3 is 9.47 Å². The largest absolute Gasteiger partial charge is 0.462 e.